The molecule has 2 N–H and O–H groups in total. The predicted octanol–water partition coefficient (Wildman–Crippen LogP) is 4.05. The van der Waals surface area contributed by atoms with E-state index >= 15 is 0 Å². The smallest absolute Gasteiger partial charge is 0.310 e. The van der Waals surface area contributed by atoms with Crippen molar-refractivity contribution in [3.63, 3.8) is 0 Å². The number of hydrogen-bond acceptors (Lipinski definition) is 10. The Kier molecular flexibility index (Phi) is 9.44. The number of nitrogens with zero attached hydrogens (tertiary/aromatic N) is 1. The number of halogens is 1. The first kappa shape index (κ1) is 24.0. The molecule has 3 rings (SSSR count). The fourth-order valence-corrected chi connectivity index (χ4v) is 4.87. The van der Waals surface area contributed by atoms with Crippen LogP contribution in [0.15, 0.2) is 29.6 Å². The standard InChI is InChI=1S/C10H10N2O2S2.C9H9ClO3S/c1-14-9(13)4-6-2-3-8(16-6)7-5-15-10(11)12-7;1-13-9(12)4-6-2-3-8(14-6)7(11)5-10/h2-3,5H,4H2,1H3,(H2,11,12);2-3H,4-5H2,1H3. The van der Waals surface area contributed by atoms with Crippen molar-refractivity contribution < 1.29 is 23.9 Å². The van der Waals surface area contributed by atoms with Crippen LogP contribution in [-0.2, 0) is 31.9 Å². The van der Waals surface area contributed by atoms with E-state index in [4.69, 9.17) is 17.3 Å². The van der Waals surface area contributed by atoms with Crippen molar-refractivity contribution in [3.8, 4) is 10.6 Å². The number of thiophene rings is 2. The van der Waals surface area contributed by atoms with E-state index in [1.165, 1.54) is 48.2 Å². The van der Waals surface area contributed by atoms with Gasteiger partial charge >= 0.3 is 11.9 Å². The lowest BCUT2D eigenvalue weighted by atomic mass is 10.3. The van der Waals surface area contributed by atoms with Gasteiger partial charge in [-0.05, 0) is 24.3 Å². The highest BCUT2D eigenvalue weighted by Crippen LogP contribution is 2.30. The quantitative estimate of drug-likeness (QED) is 0.304. The maximum absolute atomic E-state index is 11.1. The normalized spacial score (nSPS) is 10.1. The van der Waals surface area contributed by atoms with Crippen LogP contribution < -0.4 is 5.73 Å². The summed E-state index contributed by atoms with van der Waals surface area (Å²) in [7, 11) is 2.72. The molecule has 7 nitrogen and oxygen atoms in total. The number of anilines is 1. The van der Waals surface area contributed by atoms with Crippen LogP contribution in [0, 0.1) is 0 Å². The molecule has 160 valence electrons. The average Bonchev–Trinajstić information content (AvgIpc) is 3.49. The molecule has 0 saturated heterocycles. The number of alkyl halides is 1. The van der Waals surface area contributed by atoms with Crippen LogP contribution in [0.25, 0.3) is 10.6 Å². The van der Waals surface area contributed by atoms with Gasteiger partial charge in [-0.1, -0.05) is 0 Å². The van der Waals surface area contributed by atoms with Gasteiger partial charge in [0.2, 0.25) is 0 Å². The first-order valence-corrected chi connectivity index (χ1v) is 11.5. The zero-order valence-corrected chi connectivity index (χ0v) is 19.4. The minimum Gasteiger partial charge on any atom is -0.469 e. The molecular formula is C19H19ClN2O5S3. The number of ketones is 1. The van der Waals surface area contributed by atoms with Gasteiger partial charge in [-0.25, -0.2) is 4.98 Å². The summed E-state index contributed by atoms with van der Waals surface area (Å²) >= 11 is 9.61. The van der Waals surface area contributed by atoms with Crippen LogP contribution in [0.5, 0.6) is 0 Å². The van der Waals surface area contributed by atoms with Crippen LogP contribution in [0.3, 0.4) is 0 Å². The SMILES string of the molecule is COC(=O)Cc1ccc(-c2csc(N)n2)s1.COC(=O)Cc1ccc(C(=O)CCl)s1. The van der Waals surface area contributed by atoms with Gasteiger partial charge in [0.15, 0.2) is 10.9 Å². The van der Waals surface area contributed by atoms with Crippen LogP contribution in [0.2, 0.25) is 0 Å². The highest BCUT2D eigenvalue weighted by atomic mass is 35.5. The van der Waals surface area contributed by atoms with E-state index in [1.807, 2.05) is 17.5 Å². The van der Waals surface area contributed by atoms with Crippen molar-refractivity contribution >= 4 is 68.5 Å². The fourth-order valence-electron chi connectivity index (χ4n) is 2.13. The van der Waals surface area contributed by atoms with Crippen LogP contribution in [-0.4, -0.2) is 42.8 Å². The van der Waals surface area contributed by atoms with E-state index < -0.39 is 0 Å². The first-order chi connectivity index (χ1) is 14.4. The van der Waals surface area contributed by atoms with Gasteiger partial charge in [0.25, 0.3) is 0 Å². The number of esters is 2. The van der Waals surface area contributed by atoms with Crippen molar-refractivity contribution in [3.05, 3.63) is 44.3 Å². The number of aromatic nitrogens is 1. The second-order valence-electron chi connectivity index (χ2n) is 5.67. The van der Waals surface area contributed by atoms with Crippen molar-refractivity contribution in [2.75, 3.05) is 25.8 Å². The molecule has 3 heterocycles. The Labute approximate surface area is 190 Å². The number of Topliss-reactive ketones (excluding diaryl/α,β-unsaturated/α-hetero) is 1. The molecule has 0 radical (unpaired) electrons. The number of thiazole rings is 1. The lowest BCUT2D eigenvalue weighted by Crippen LogP contribution is -2.02. The molecule has 11 heteroatoms. The molecule has 0 saturated carbocycles. The summed E-state index contributed by atoms with van der Waals surface area (Å²) < 4.78 is 9.11. The third kappa shape index (κ3) is 7.21. The Balaban J connectivity index is 0.000000216. The van der Waals surface area contributed by atoms with Gasteiger partial charge in [0.05, 0.1) is 48.4 Å². The van der Waals surface area contributed by atoms with Gasteiger partial charge in [0.1, 0.15) is 0 Å². The highest BCUT2D eigenvalue weighted by molar-refractivity contribution is 7.17. The van der Waals surface area contributed by atoms with Crippen molar-refractivity contribution in [2.24, 2.45) is 0 Å². The topological polar surface area (TPSA) is 109 Å². The summed E-state index contributed by atoms with van der Waals surface area (Å²) in [6.07, 6.45) is 0.511. The maximum atomic E-state index is 11.1. The number of rotatable bonds is 7. The zero-order chi connectivity index (χ0) is 22.1. The van der Waals surface area contributed by atoms with Gasteiger partial charge in [-0.15, -0.1) is 45.6 Å². The number of nitrogens with two attached hydrogens (primary N) is 1. The minimum atomic E-state index is -0.309. The van der Waals surface area contributed by atoms with E-state index in [0.717, 1.165) is 20.3 Å². The number of carbonyl (C=O) groups excluding carboxylic acids is 3. The monoisotopic (exact) mass is 486 g/mol. The third-order valence-electron chi connectivity index (χ3n) is 3.59. The summed E-state index contributed by atoms with van der Waals surface area (Å²) in [5.74, 6) is -0.686. The van der Waals surface area contributed by atoms with Crippen molar-refractivity contribution in [1.82, 2.24) is 4.98 Å². The average molecular weight is 487 g/mol. The number of hydrogen-bond donors (Lipinski definition) is 1. The summed E-state index contributed by atoms with van der Waals surface area (Å²) in [6, 6.07) is 7.26. The van der Waals surface area contributed by atoms with Crippen LogP contribution in [0.1, 0.15) is 19.4 Å². The molecule has 0 aliphatic carbocycles. The number of nitrogen functional groups attached to an aromatic ring is 1. The second-order valence-corrected chi connectivity index (χ2v) is 9.16. The van der Waals surface area contributed by atoms with Gasteiger partial charge < -0.3 is 15.2 Å². The zero-order valence-electron chi connectivity index (χ0n) is 16.2. The van der Waals surface area contributed by atoms with Crippen LogP contribution >= 0.6 is 45.6 Å². The fraction of sp³-hybridized carbons (Fsp3) is 0.263. The summed E-state index contributed by atoms with van der Waals surface area (Å²) in [5.41, 5.74) is 6.43. The lowest BCUT2D eigenvalue weighted by Gasteiger charge is -1.94. The number of ether oxygens (including phenoxy) is 2. The van der Waals surface area contributed by atoms with E-state index in [1.54, 1.807) is 12.1 Å². The molecule has 0 atom stereocenters. The summed E-state index contributed by atoms with van der Waals surface area (Å²) in [6.45, 7) is 0. The van der Waals surface area contributed by atoms with Gasteiger partial charge in [-0.2, -0.15) is 0 Å². The van der Waals surface area contributed by atoms with Crippen molar-refractivity contribution in [1.29, 1.82) is 0 Å². The largest absolute Gasteiger partial charge is 0.469 e. The van der Waals surface area contributed by atoms with Gasteiger partial charge in [0, 0.05) is 15.1 Å². The first-order valence-electron chi connectivity index (χ1n) is 8.47. The van der Waals surface area contributed by atoms with E-state index in [9.17, 15) is 14.4 Å². The molecule has 0 bridgehead atoms. The Morgan fingerprint density at radius 1 is 1.00 bits per heavy atom. The predicted molar refractivity (Wildman–Crippen MR) is 121 cm³/mol. The molecule has 0 fully saturated rings. The molecule has 30 heavy (non-hydrogen) atoms. The Bertz CT molecular complexity index is 1010. The van der Waals surface area contributed by atoms with E-state index in [-0.39, 0.29) is 30.0 Å². The highest BCUT2D eigenvalue weighted by Gasteiger charge is 2.11. The molecule has 0 unspecified atom stereocenters. The van der Waals surface area contributed by atoms with Crippen molar-refractivity contribution in [2.45, 2.75) is 12.8 Å². The maximum Gasteiger partial charge on any atom is 0.310 e. The Morgan fingerprint density at radius 3 is 2.13 bits per heavy atom. The number of carbonyl (C=O) groups is 3. The Hall–Kier alpha value is -2.27. The molecule has 0 amide bonds. The third-order valence-corrected chi connectivity index (χ3v) is 6.74. The number of methoxy groups -OCH3 is 2. The van der Waals surface area contributed by atoms with E-state index in [0.29, 0.717) is 16.4 Å². The molecule has 0 spiro atoms. The van der Waals surface area contributed by atoms with Crippen LogP contribution in [0.4, 0.5) is 5.13 Å². The molecule has 0 aliphatic rings. The molecule has 0 aliphatic heterocycles. The minimum absolute atomic E-state index is 0.0296. The Morgan fingerprint density at radius 2 is 1.60 bits per heavy atom. The summed E-state index contributed by atoms with van der Waals surface area (Å²) in [4.78, 5) is 40.7. The molecule has 3 aromatic heterocycles. The summed E-state index contributed by atoms with van der Waals surface area (Å²) in [5, 5.41) is 2.46. The molecular weight excluding hydrogens is 468 g/mol. The van der Waals surface area contributed by atoms with E-state index in [2.05, 4.69) is 14.5 Å². The molecule has 3 aromatic rings. The molecule has 0 aromatic carbocycles. The second kappa shape index (κ2) is 11.8. The lowest BCUT2D eigenvalue weighted by molar-refractivity contribution is -0.140. The van der Waals surface area contributed by atoms with Gasteiger partial charge in [-0.3, -0.25) is 14.4 Å².